The second kappa shape index (κ2) is 2.39. The standard InChI is InChI=1S/C9H9NO3/c1-10-4-5-6(11)2-3-7(12)8(5)9(10)13/h2-3,11-12H,4H2,1H3. The summed E-state index contributed by atoms with van der Waals surface area (Å²) in [5, 5.41) is 18.8. The van der Waals surface area contributed by atoms with Crippen LogP contribution >= 0.6 is 0 Å². The summed E-state index contributed by atoms with van der Waals surface area (Å²) in [6.07, 6.45) is 0. The van der Waals surface area contributed by atoms with E-state index < -0.39 is 0 Å². The molecule has 1 aromatic rings. The van der Waals surface area contributed by atoms with Gasteiger partial charge in [0.1, 0.15) is 11.5 Å². The van der Waals surface area contributed by atoms with Crippen LogP contribution < -0.4 is 0 Å². The number of hydrogen-bond acceptors (Lipinski definition) is 3. The zero-order valence-corrected chi connectivity index (χ0v) is 7.11. The number of carbonyl (C=O) groups excluding carboxylic acids is 1. The normalized spacial score (nSPS) is 14.8. The molecule has 0 bridgehead atoms. The average molecular weight is 179 g/mol. The van der Waals surface area contributed by atoms with Crippen LogP contribution in [0.5, 0.6) is 11.5 Å². The zero-order chi connectivity index (χ0) is 9.59. The molecule has 4 heteroatoms. The molecule has 1 aliphatic heterocycles. The fraction of sp³-hybridized carbons (Fsp3) is 0.222. The molecule has 68 valence electrons. The molecule has 2 N–H and O–H groups in total. The quantitative estimate of drug-likeness (QED) is 0.576. The van der Waals surface area contributed by atoms with Gasteiger partial charge in [0.15, 0.2) is 0 Å². The fourth-order valence-electron chi connectivity index (χ4n) is 1.52. The molecule has 1 heterocycles. The van der Waals surface area contributed by atoms with Gasteiger partial charge in [-0.05, 0) is 12.1 Å². The molecule has 1 aromatic carbocycles. The number of fused-ring (bicyclic) bond motifs is 1. The van der Waals surface area contributed by atoms with E-state index in [1.165, 1.54) is 17.0 Å². The Balaban J connectivity index is 2.68. The van der Waals surface area contributed by atoms with Gasteiger partial charge >= 0.3 is 0 Å². The minimum atomic E-state index is -0.247. The summed E-state index contributed by atoms with van der Waals surface area (Å²) in [7, 11) is 1.63. The third kappa shape index (κ3) is 0.950. The maximum Gasteiger partial charge on any atom is 0.258 e. The molecule has 0 atom stereocenters. The van der Waals surface area contributed by atoms with E-state index in [9.17, 15) is 15.0 Å². The summed E-state index contributed by atoms with van der Waals surface area (Å²) >= 11 is 0. The van der Waals surface area contributed by atoms with E-state index in [0.29, 0.717) is 12.1 Å². The molecule has 0 aromatic heterocycles. The lowest BCUT2D eigenvalue weighted by molar-refractivity contribution is 0.0814. The lowest BCUT2D eigenvalue weighted by Gasteiger charge is -2.04. The minimum absolute atomic E-state index is 0.0606. The van der Waals surface area contributed by atoms with E-state index in [0.717, 1.165) is 0 Å². The molecule has 0 spiro atoms. The van der Waals surface area contributed by atoms with Crippen LogP contribution in [0.4, 0.5) is 0 Å². The van der Waals surface area contributed by atoms with Crippen molar-refractivity contribution in [3.05, 3.63) is 23.3 Å². The number of phenolic OH excluding ortho intramolecular Hbond substituents is 2. The molecule has 1 amide bonds. The monoisotopic (exact) mass is 179 g/mol. The van der Waals surface area contributed by atoms with Gasteiger partial charge in [0, 0.05) is 12.6 Å². The third-order valence-electron chi connectivity index (χ3n) is 2.22. The predicted octanol–water partition coefficient (Wildman–Crippen LogP) is 0.683. The van der Waals surface area contributed by atoms with E-state index in [-0.39, 0.29) is 23.0 Å². The van der Waals surface area contributed by atoms with Crippen LogP contribution in [0.1, 0.15) is 15.9 Å². The Labute approximate surface area is 75.0 Å². The molecular weight excluding hydrogens is 170 g/mol. The van der Waals surface area contributed by atoms with E-state index in [1.807, 2.05) is 0 Å². The van der Waals surface area contributed by atoms with Crippen molar-refractivity contribution in [2.24, 2.45) is 0 Å². The SMILES string of the molecule is CN1Cc2c(O)ccc(O)c2C1=O. The van der Waals surface area contributed by atoms with Crippen molar-refractivity contribution >= 4 is 5.91 Å². The van der Waals surface area contributed by atoms with Crippen molar-refractivity contribution in [3.8, 4) is 11.5 Å². The number of phenols is 2. The lowest BCUT2D eigenvalue weighted by Crippen LogP contribution is -2.17. The Hall–Kier alpha value is -1.71. The second-order valence-electron chi connectivity index (χ2n) is 3.12. The number of amides is 1. The van der Waals surface area contributed by atoms with Crippen LogP contribution in [0.15, 0.2) is 12.1 Å². The van der Waals surface area contributed by atoms with Crippen LogP contribution in [0.25, 0.3) is 0 Å². The van der Waals surface area contributed by atoms with Crippen molar-refractivity contribution < 1.29 is 15.0 Å². The summed E-state index contributed by atoms with van der Waals surface area (Å²) in [4.78, 5) is 12.9. The summed E-state index contributed by atoms with van der Waals surface area (Å²) in [5.41, 5.74) is 0.731. The van der Waals surface area contributed by atoms with Gasteiger partial charge in [-0.1, -0.05) is 0 Å². The highest BCUT2D eigenvalue weighted by atomic mass is 16.3. The Morgan fingerprint density at radius 2 is 1.92 bits per heavy atom. The van der Waals surface area contributed by atoms with Gasteiger partial charge in [0.25, 0.3) is 5.91 Å². The highest BCUT2D eigenvalue weighted by Crippen LogP contribution is 2.35. The van der Waals surface area contributed by atoms with E-state index in [4.69, 9.17) is 0 Å². The van der Waals surface area contributed by atoms with Crippen LogP contribution in [-0.4, -0.2) is 28.1 Å². The molecule has 0 fully saturated rings. The van der Waals surface area contributed by atoms with Crippen molar-refractivity contribution in [3.63, 3.8) is 0 Å². The van der Waals surface area contributed by atoms with Crippen LogP contribution in [0.3, 0.4) is 0 Å². The highest BCUT2D eigenvalue weighted by Gasteiger charge is 2.29. The Morgan fingerprint density at radius 1 is 1.31 bits per heavy atom. The molecule has 4 nitrogen and oxygen atoms in total. The number of aromatic hydroxyl groups is 2. The molecule has 0 saturated heterocycles. The first-order valence-corrected chi connectivity index (χ1v) is 3.90. The Kier molecular flexibility index (Phi) is 1.45. The molecule has 1 aliphatic rings. The van der Waals surface area contributed by atoms with E-state index >= 15 is 0 Å². The summed E-state index contributed by atoms with van der Waals surface area (Å²) < 4.78 is 0. The first kappa shape index (κ1) is 7.91. The number of rotatable bonds is 0. The van der Waals surface area contributed by atoms with Crippen LogP contribution in [-0.2, 0) is 6.54 Å². The van der Waals surface area contributed by atoms with Crippen molar-refractivity contribution in [2.75, 3.05) is 7.05 Å². The topological polar surface area (TPSA) is 60.8 Å². The number of carbonyl (C=O) groups is 1. The molecule has 13 heavy (non-hydrogen) atoms. The maximum atomic E-state index is 11.4. The summed E-state index contributed by atoms with van der Waals surface area (Å²) in [6, 6.07) is 2.71. The number of hydrogen-bond donors (Lipinski definition) is 2. The lowest BCUT2D eigenvalue weighted by atomic mass is 10.1. The Morgan fingerprint density at radius 3 is 2.54 bits per heavy atom. The van der Waals surface area contributed by atoms with Gasteiger partial charge in [-0.25, -0.2) is 0 Å². The molecular formula is C9H9NO3. The Bertz CT molecular complexity index is 387. The maximum absolute atomic E-state index is 11.4. The number of benzene rings is 1. The van der Waals surface area contributed by atoms with Gasteiger partial charge in [-0.3, -0.25) is 4.79 Å². The van der Waals surface area contributed by atoms with E-state index in [1.54, 1.807) is 7.05 Å². The van der Waals surface area contributed by atoms with Gasteiger partial charge in [0.05, 0.1) is 12.1 Å². The molecule has 2 rings (SSSR count). The second-order valence-corrected chi connectivity index (χ2v) is 3.12. The first-order chi connectivity index (χ1) is 6.11. The fourth-order valence-corrected chi connectivity index (χ4v) is 1.52. The summed E-state index contributed by atoms with van der Waals surface area (Å²) in [5.74, 6) is -0.254. The van der Waals surface area contributed by atoms with E-state index in [2.05, 4.69) is 0 Å². The molecule has 0 aliphatic carbocycles. The smallest absolute Gasteiger partial charge is 0.258 e. The predicted molar refractivity (Wildman–Crippen MR) is 45.6 cm³/mol. The number of nitrogens with zero attached hydrogens (tertiary/aromatic N) is 1. The van der Waals surface area contributed by atoms with Crippen LogP contribution in [0.2, 0.25) is 0 Å². The van der Waals surface area contributed by atoms with Gasteiger partial charge in [0.2, 0.25) is 0 Å². The molecule has 0 saturated carbocycles. The molecule has 0 radical (unpaired) electrons. The van der Waals surface area contributed by atoms with Crippen LogP contribution in [0, 0.1) is 0 Å². The molecule has 0 unspecified atom stereocenters. The minimum Gasteiger partial charge on any atom is -0.508 e. The summed E-state index contributed by atoms with van der Waals surface area (Å²) in [6.45, 7) is 0.356. The third-order valence-corrected chi connectivity index (χ3v) is 2.22. The van der Waals surface area contributed by atoms with Gasteiger partial charge in [-0.15, -0.1) is 0 Å². The largest absolute Gasteiger partial charge is 0.508 e. The van der Waals surface area contributed by atoms with Gasteiger partial charge < -0.3 is 15.1 Å². The zero-order valence-electron chi connectivity index (χ0n) is 7.11. The first-order valence-electron chi connectivity index (χ1n) is 3.90. The average Bonchev–Trinajstić information content (AvgIpc) is 2.38. The van der Waals surface area contributed by atoms with Crippen molar-refractivity contribution in [1.29, 1.82) is 0 Å². The van der Waals surface area contributed by atoms with Gasteiger partial charge in [-0.2, -0.15) is 0 Å². The highest BCUT2D eigenvalue weighted by molar-refractivity contribution is 6.01. The van der Waals surface area contributed by atoms with Crippen molar-refractivity contribution in [1.82, 2.24) is 4.90 Å². The van der Waals surface area contributed by atoms with Crippen molar-refractivity contribution in [2.45, 2.75) is 6.54 Å².